The molecule has 0 atom stereocenters. The van der Waals surface area contributed by atoms with Gasteiger partial charge in [-0.2, -0.15) is 0 Å². The minimum absolute atomic E-state index is 0.252. The molecule has 2 N–H and O–H groups in total. The third-order valence-corrected chi connectivity index (χ3v) is 4.37. The van der Waals surface area contributed by atoms with E-state index in [9.17, 15) is 14.4 Å². The van der Waals surface area contributed by atoms with Gasteiger partial charge in [-0.1, -0.05) is 43.7 Å². The van der Waals surface area contributed by atoms with Crippen LogP contribution >= 0.6 is 0 Å². The van der Waals surface area contributed by atoms with Gasteiger partial charge in [0.25, 0.3) is 5.91 Å². The second-order valence-electron chi connectivity index (χ2n) is 5.87. The second-order valence-corrected chi connectivity index (χ2v) is 5.87. The summed E-state index contributed by atoms with van der Waals surface area (Å²) in [6.07, 6.45) is 1.02. The summed E-state index contributed by atoms with van der Waals surface area (Å²) in [6.45, 7) is 5.81. The molecule has 0 radical (unpaired) electrons. The minimum Gasteiger partial charge on any atom is -0.350 e. The quantitative estimate of drug-likeness (QED) is 0.784. The molecule has 1 aromatic rings. The lowest BCUT2D eigenvalue weighted by Crippen LogP contribution is -2.46. The van der Waals surface area contributed by atoms with Crippen molar-refractivity contribution in [2.45, 2.75) is 45.7 Å². The van der Waals surface area contributed by atoms with Crippen LogP contribution in [0.15, 0.2) is 24.3 Å². The predicted octanol–water partition coefficient (Wildman–Crippen LogP) is 1.72. The van der Waals surface area contributed by atoms with E-state index in [4.69, 9.17) is 0 Å². The Morgan fingerprint density at radius 2 is 1.78 bits per heavy atom. The molecule has 0 spiro atoms. The van der Waals surface area contributed by atoms with Crippen molar-refractivity contribution < 1.29 is 14.4 Å². The number of carbonyl (C=O) groups excluding carboxylic acids is 3. The first-order valence-corrected chi connectivity index (χ1v) is 7.88. The van der Waals surface area contributed by atoms with Gasteiger partial charge in [-0.05, 0) is 25.3 Å². The molecule has 4 amide bonds. The third kappa shape index (κ3) is 3.52. The van der Waals surface area contributed by atoms with Gasteiger partial charge in [-0.15, -0.1) is 0 Å². The van der Waals surface area contributed by atoms with E-state index in [2.05, 4.69) is 10.6 Å². The standard InChI is InChI=1S/C17H23N3O3/c1-4-17(5-2)15(22)20(16(23)19-17)11-14(21)18-10-13-8-6-12(3)7-9-13/h6-9H,4-5,10-11H2,1-3H3,(H,18,21)(H,19,23). The number of urea groups is 1. The highest BCUT2D eigenvalue weighted by molar-refractivity contribution is 6.08. The topological polar surface area (TPSA) is 78.5 Å². The lowest BCUT2D eigenvalue weighted by atomic mass is 9.93. The summed E-state index contributed by atoms with van der Waals surface area (Å²) in [6, 6.07) is 7.31. The van der Waals surface area contributed by atoms with E-state index in [0.29, 0.717) is 19.4 Å². The van der Waals surface area contributed by atoms with Gasteiger partial charge in [0.1, 0.15) is 12.1 Å². The lowest BCUT2D eigenvalue weighted by molar-refractivity contribution is -0.135. The van der Waals surface area contributed by atoms with Gasteiger partial charge in [-0.3, -0.25) is 14.5 Å². The van der Waals surface area contributed by atoms with Crippen molar-refractivity contribution in [2.75, 3.05) is 6.54 Å². The van der Waals surface area contributed by atoms with Gasteiger partial charge in [0.2, 0.25) is 5.91 Å². The Morgan fingerprint density at radius 1 is 1.17 bits per heavy atom. The van der Waals surface area contributed by atoms with Crippen LogP contribution in [0.1, 0.15) is 37.8 Å². The summed E-state index contributed by atoms with van der Waals surface area (Å²) in [7, 11) is 0. The molecule has 0 aliphatic carbocycles. The predicted molar refractivity (Wildman–Crippen MR) is 86.6 cm³/mol. The molecule has 6 heteroatoms. The molecule has 0 saturated carbocycles. The van der Waals surface area contributed by atoms with Crippen LogP contribution in [0.25, 0.3) is 0 Å². The monoisotopic (exact) mass is 317 g/mol. The van der Waals surface area contributed by atoms with Crippen LogP contribution in [0.2, 0.25) is 0 Å². The number of nitrogens with zero attached hydrogens (tertiary/aromatic N) is 1. The van der Waals surface area contributed by atoms with Crippen LogP contribution < -0.4 is 10.6 Å². The van der Waals surface area contributed by atoms with Gasteiger partial charge in [0, 0.05) is 6.54 Å². The first-order valence-electron chi connectivity index (χ1n) is 7.88. The average Bonchev–Trinajstić information content (AvgIpc) is 2.79. The Morgan fingerprint density at radius 3 is 2.30 bits per heavy atom. The number of benzene rings is 1. The Bertz CT molecular complexity index is 606. The number of rotatable bonds is 6. The zero-order valence-corrected chi connectivity index (χ0v) is 13.8. The second kappa shape index (κ2) is 6.81. The molecule has 1 fully saturated rings. The fourth-order valence-electron chi connectivity index (χ4n) is 2.66. The van der Waals surface area contributed by atoms with Crippen molar-refractivity contribution in [3.63, 3.8) is 0 Å². The van der Waals surface area contributed by atoms with Crippen molar-refractivity contribution in [1.82, 2.24) is 15.5 Å². The lowest BCUT2D eigenvalue weighted by Gasteiger charge is -2.23. The fourth-order valence-corrected chi connectivity index (χ4v) is 2.66. The van der Waals surface area contributed by atoms with Crippen molar-refractivity contribution in [2.24, 2.45) is 0 Å². The van der Waals surface area contributed by atoms with Crippen LogP contribution in [-0.2, 0) is 16.1 Å². The molecule has 1 heterocycles. The molecule has 0 unspecified atom stereocenters. The summed E-state index contributed by atoms with van der Waals surface area (Å²) >= 11 is 0. The van der Waals surface area contributed by atoms with Crippen molar-refractivity contribution in [1.29, 1.82) is 0 Å². The molecule has 6 nitrogen and oxygen atoms in total. The molecule has 0 aromatic heterocycles. The van der Waals surface area contributed by atoms with Crippen molar-refractivity contribution in [3.8, 4) is 0 Å². The summed E-state index contributed by atoms with van der Waals surface area (Å²) < 4.78 is 0. The van der Waals surface area contributed by atoms with Crippen LogP contribution in [0, 0.1) is 6.92 Å². The van der Waals surface area contributed by atoms with Crippen molar-refractivity contribution >= 4 is 17.8 Å². The van der Waals surface area contributed by atoms with Crippen LogP contribution in [0.3, 0.4) is 0 Å². The first-order chi connectivity index (χ1) is 10.9. The summed E-state index contributed by atoms with van der Waals surface area (Å²) in [5, 5.41) is 5.45. The maximum Gasteiger partial charge on any atom is 0.325 e. The van der Waals surface area contributed by atoms with Gasteiger partial charge in [0.15, 0.2) is 0 Å². The maximum absolute atomic E-state index is 12.4. The highest BCUT2D eigenvalue weighted by Crippen LogP contribution is 2.24. The van der Waals surface area contributed by atoms with Crippen LogP contribution in [-0.4, -0.2) is 34.8 Å². The summed E-state index contributed by atoms with van der Waals surface area (Å²) in [5.41, 5.74) is 1.25. The molecule has 1 aliphatic heterocycles. The normalized spacial score (nSPS) is 16.4. The van der Waals surface area contributed by atoms with Gasteiger partial charge >= 0.3 is 6.03 Å². The average molecular weight is 317 g/mol. The zero-order valence-electron chi connectivity index (χ0n) is 13.8. The number of aryl methyl sites for hydroxylation is 1. The highest BCUT2D eigenvalue weighted by atomic mass is 16.2. The Balaban J connectivity index is 1.93. The number of amides is 4. The van der Waals surface area contributed by atoms with Gasteiger partial charge in [0.05, 0.1) is 0 Å². The highest BCUT2D eigenvalue weighted by Gasteiger charge is 2.49. The smallest absolute Gasteiger partial charge is 0.325 e. The number of nitrogens with one attached hydrogen (secondary N) is 2. The van der Waals surface area contributed by atoms with E-state index in [1.54, 1.807) is 0 Å². The Hall–Kier alpha value is -2.37. The molecule has 1 aromatic carbocycles. The molecule has 23 heavy (non-hydrogen) atoms. The number of carbonyl (C=O) groups is 3. The van der Waals surface area contributed by atoms with E-state index < -0.39 is 11.6 Å². The maximum atomic E-state index is 12.4. The van der Waals surface area contributed by atoms with E-state index in [-0.39, 0.29) is 18.4 Å². The molecule has 1 aliphatic rings. The van der Waals surface area contributed by atoms with Gasteiger partial charge < -0.3 is 10.6 Å². The molecule has 124 valence electrons. The van der Waals surface area contributed by atoms with Gasteiger partial charge in [-0.25, -0.2) is 4.79 Å². The van der Waals surface area contributed by atoms with Crippen molar-refractivity contribution in [3.05, 3.63) is 35.4 Å². The molecular weight excluding hydrogens is 294 g/mol. The van der Waals surface area contributed by atoms with E-state index in [1.807, 2.05) is 45.0 Å². The fraction of sp³-hybridized carbons (Fsp3) is 0.471. The zero-order chi connectivity index (χ0) is 17.0. The van der Waals surface area contributed by atoms with E-state index >= 15 is 0 Å². The Labute approximate surface area is 136 Å². The SMILES string of the molecule is CCC1(CC)NC(=O)N(CC(=O)NCc2ccc(C)cc2)C1=O. The minimum atomic E-state index is -0.867. The van der Waals surface area contributed by atoms with E-state index in [0.717, 1.165) is 16.0 Å². The van der Waals surface area contributed by atoms with E-state index in [1.165, 1.54) is 0 Å². The molecular formula is C17H23N3O3. The summed E-state index contributed by atoms with van der Waals surface area (Å²) in [5.74, 6) is -0.671. The largest absolute Gasteiger partial charge is 0.350 e. The molecule has 1 saturated heterocycles. The third-order valence-electron chi connectivity index (χ3n) is 4.37. The number of imide groups is 1. The number of hydrogen-bond acceptors (Lipinski definition) is 3. The molecule has 0 bridgehead atoms. The Kier molecular flexibility index (Phi) is 5.03. The van der Waals surface area contributed by atoms with Crippen LogP contribution in [0.5, 0.6) is 0 Å². The number of hydrogen-bond donors (Lipinski definition) is 2. The summed E-state index contributed by atoms with van der Waals surface area (Å²) in [4.78, 5) is 37.4. The van der Waals surface area contributed by atoms with Crippen LogP contribution in [0.4, 0.5) is 4.79 Å². The first kappa shape index (κ1) is 17.0. The molecule has 2 rings (SSSR count).